The Kier molecular flexibility index (Phi) is 8.21. The fraction of sp³-hybridized carbons (Fsp3) is 0.250. The van der Waals surface area contributed by atoms with Gasteiger partial charge in [0, 0.05) is 12.3 Å². The number of aryl methyl sites for hydroxylation is 1. The van der Waals surface area contributed by atoms with Crippen LogP contribution in [-0.4, -0.2) is 32.7 Å². The quantitative estimate of drug-likeness (QED) is 0.177. The number of carbonyl (C=O) groups excluding carboxylic acids is 1. The van der Waals surface area contributed by atoms with Gasteiger partial charge in [-0.15, -0.1) is 11.8 Å². The lowest BCUT2D eigenvalue weighted by atomic mass is 10.0. The maximum Gasteiger partial charge on any atom is 0.305 e. The van der Waals surface area contributed by atoms with Crippen molar-refractivity contribution in [2.45, 2.75) is 18.6 Å². The number of fused-ring (bicyclic) bond motifs is 1. The van der Waals surface area contributed by atoms with Crippen molar-refractivity contribution in [1.29, 1.82) is 0 Å². The van der Waals surface area contributed by atoms with Gasteiger partial charge in [-0.3, -0.25) is 4.79 Å². The highest BCUT2D eigenvalue weighted by atomic mass is 32.2. The van der Waals surface area contributed by atoms with Crippen molar-refractivity contribution >= 4 is 28.7 Å². The molecular weight excluding hydrogens is 464 g/mol. The van der Waals surface area contributed by atoms with Crippen molar-refractivity contribution in [3.05, 3.63) is 89.7 Å². The van der Waals surface area contributed by atoms with Crippen molar-refractivity contribution in [3.63, 3.8) is 0 Å². The first-order valence-corrected chi connectivity index (χ1v) is 12.3. The highest BCUT2D eigenvalue weighted by molar-refractivity contribution is 7.99. The number of benzene rings is 3. The van der Waals surface area contributed by atoms with Crippen LogP contribution >= 0.6 is 11.8 Å². The minimum atomic E-state index is -0.391. The fourth-order valence-electron chi connectivity index (χ4n) is 3.80. The maximum absolute atomic E-state index is 11.0. The number of hydrogen-bond donors (Lipinski definition) is 0. The van der Waals surface area contributed by atoms with Crippen LogP contribution in [0.25, 0.3) is 11.0 Å². The molecule has 0 fully saturated rings. The lowest BCUT2D eigenvalue weighted by Gasteiger charge is -2.18. The van der Waals surface area contributed by atoms with Gasteiger partial charge in [0.1, 0.15) is 11.5 Å². The molecule has 0 aliphatic heterocycles. The molecule has 0 N–H and O–H groups in total. The van der Waals surface area contributed by atoms with Gasteiger partial charge in [-0.2, -0.15) is 0 Å². The average Bonchev–Trinajstić information content (AvgIpc) is 3.30. The van der Waals surface area contributed by atoms with Gasteiger partial charge in [-0.05, 0) is 59.2 Å². The molecule has 35 heavy (non-hydrogen) atoms. The highest BCUT2D eigenvalue weighted by Gasteiger charge is 2.17. The first kappa shape index (κ1) is 24.5. The summed E-state index contributed by atoms with van der Waals surface area (Å²) in [4.78, 5) is 11.0. The van der Waals surface area contributed by atoms with Gasteiger partial charge in [0.15, 0.2) is 11.3 Å². The van der Waals surface area contributed by atoms with Crippen LogP contribution < -0.4 is 14.2 Å². The number of ether oxygens (including phenoxy) is 4. The topological polar surface area (TPSA) is 67.1 Å². The van der Waals surface area contributed by atoms with E-state index in [4.69, 9.17) is 23.4 Å². The molecule has 0 saturated heterocycles. The first-order valence-electron chi connectivity index (χ1n) is 11.2. The Morgan fingerprint density at radius 2 is 1.54 bits per heavy atom. The van der Waals surface area contributed by atoms with Gasteiger partial charge < -0.3 is 23.4 Å². The third-order valence-electron chi connectivity index (χ3n) is 5.61. The molecule has 0 aliphatic rings. The van der Waals surface area contributed by atoms with Gasteiger partial charge in [-0.1, -0.05) is 36.4 Å². The van der Waals surface area contributed by atoms with E-state index < -0.39 is 5.97 Å². The Bertz CT molecular complexity index is 1200. The molecule has 182 valence electrons. The summed E-state index contributed by atoms with van der Waals surface area (Å²) in [5.41, 5.74) is 4.17. The largest absolute Gasteiger partial charge is 0.497 e. The molecule has 0 bridgehead atoms. The van der Waals surface area contributed by atoms with E-state index in [1.54, 1.807) is 26.5 Å². The van der Waals surface area contributed by atoms with E-state index in [1.807, 2.05) is 48.2 Å². The number of methoxy groups -OCH3 is 2. The smallest absolute Gasteiger partial charge is 0.305 e. The van der Waals surface area contributed by atoms with E-state index in [-0.39, 0.29) is 12.0 Å². The Morgan fingerprint density at radius 1 is 0.914 bits per heavy atom. The van der Waals surface area contributed by atoms with E-state index in [0.717, 1.165) is 34.6 Å². The SMILES string of the molecule is COc1ccc(C(SCCc2coc3c(OCOC(C)=O)cccc23)c2ccc(OC)cc2)cc1. The fourth-order valence-corrected chi connectivity index (χ4v) is 5.07. The zero-order valence-corrected chi connectivity index (χ0v) is 20.8. The molecule has 6 nitrogen and oxygen atoms in total. The summed E-state index contributed by atoms with van der Waals surface area (Å²) in [6.45, 7) is 1.20. The van der Waals surface area contributed by atoms with Crippen molar-refractivity contribution in [3.8, 4) is 17.2 Å². The van der Waals surface area contributed by atoms with Crippen LogP contribution in [0.3, 0.4) is 0 Å². The van der Waals surface area contributed by atoms with Crippen molar-refractivity contribution < 1.29 is 28.2 Å². The van der Waals surface area contributed by atoms with Crippen LogP contribution in [0.5, 0.6) is 17.2 Å². The molecule has 0 aliphatic carbocycles. The molecule has 7 heteroatoms. The summed E-state index contributed by atoms with van der Waals surface area (Å²) >= 11 is 1.87. The normalized spacial score (nSPS) is 11.0. The van der Waals surface area contributed by atoms with Crippen molar-refractivity contribution in [1.82, 2.24) is 0 Å². The number of esters is 1. The third kappa shape index (κ3) is 6.11. The second-order valence-electron chi connectivity index (χ2n) is 7.84. The third-order valence-corrected chi connectivity index (χ3v) is 6.93. The molecule has 0 saturated carbocycles. The second kappa shape index (κ2) is 11.7. The summed E-state index contributed by atoms with van der Waals surface area (Å²) in [6.07, 6.45) is 2.60. The van der Waals surface area contributed by atoms with Gasteiger partial charge in [0.2, 0.25) is 6.79 Å². The number of rotatable bonds is 11. The van der Waals surface area contributed by atoms with Gasteiger partial charge in [-0.25, -0.2) is 0 Å². The number of carbonyl (C=O) groups is 1. The lowest BCUT2D eigenvalue weighted by Crippen LogP contribution is -2.06. The highest BCUT2D eigenvalue weighted by Crippen LogP contribution is 2.38. The standard InChI is InChI=1S/C28H28O6S/c1-19(29)33-18-34-26-6-4-5-25-22(17-32-27(25)26)15-16-35-28(20-7-11-23(30-2)12-8-20)21-9-13-24(31-3)14-10-21/h4-14,17,28H,15-16,18H2,1-3H3. The van der Waals surface area contributed by atoms with Gasteiger partial charge >= 0.3 is 5.97 Å². The number of thioether (sulfide) groups is 1. The van der Waals surface area contributed by atoms with E-state index in [9.17, 15) is 4.79 Å². The van der Waals surface area contributed by atoms with Crippen LogP contribution in [0, 0.1) is 0 Å². The molecule has 0 radical (unpaired) electrons. The Hall–Kier alpha value is -3.58. The maximum atomic E-state index is 11.0. The minimum Gasteiger partial charge on any atom is -0.497 e. The van der Waals surface area contributed by atoms with Crippen LogP contribution in [0.2, 0.25) is 0 Å². The number of para-hydroxylation sites is 1. The number of hydrogen-bond acceptors (Lipinski definition) is 7. The molecular formula is C28H28O6S. The second-order valence-corrected chi connectivity index (χ2v) is 9.05. The summed E-state index contributed by atoms with van der Waals surface area (Å²) < 4.78 is 26.9. The molecule has 4 rings (SSSR count). The summed E-state index contributed by atoms with van der Waals surface area (Å²) in [6, 6.07) is 22.2. The predicted molar refractivity (Wildman–Crippen MR) is 137 cm³/mol. The molecule has 1 heterocycles. The van der Waals surface area contributed by atoms with Crippen LogP contribution in [0.15, 0.2) is 77.4 Å². The predicted octanol–water partition coefficient (Wildman–Crippen LogP) is 6.41. The van der Waals surface area contributed by atoms with E-state index >= 15 is 0 Å². The first-order chi connectivity index (χ1) is 17.1. The molecule has 0 amide bonds. The lowest BCUT2D eigenvalue weighted by molar-refractivity contribution is -0.147. The van der Waals surface area contributed by atoms with Crippen molar-refractivity contribution in [2.24, 2.45) is 0 Å². The summed E-state index contributed by atoms with van der Waals surface area (Å²) in [5, 5.41) is 1.16. The van der Waals surface area contributed by atoms with Crippen LogP contribution in [0.4, 0.5) is 0 Å². The van der Waals surface area contributed by atoms with Crippen LogP contribution in [0.1, 0.15) is 28.9 Å². The Morgan fingerprint density at radius 3 is 2.11 bits per heavy atom. The average molecular weight is 493 g/mol. The zero-order valence-electron chi connectivity index (χ0n) is 20.0. The number of furan rings is 1. The zero-order chi connectivity index (χ0) is 24.6. The van der Waals surface area contributed by atoms with E-state index in [2.05, 4.69) is 24.3 Å². The molecule has 0 unspecified atom stereocenters. The molecule has 0 atom stereocenters. The van der Waals surface area contributed by atoms with Crippen LogP contribution in [-0.2, 0) is 16.0 Å². The Labute approximate surface area is 209 Å². The molecule has 3 aromatic carbocycles. The Balaban J connectivity index is 1.49. The van der Waals surface area contributed by atoms with E-state index in [1.165, 1.54) is 18.1 Å². The van der Waals surface area contributed by atoms with Crippen molar-refractivity contribution in [2.75, 3.05) is 26.8 Å². The summed E-state index contributed by atoms with van der Waals surface area (Å²) in [5.74, 6) is 2.72. The summed E-state index contributed by atoms with van der Waals surface area (Å²) in [7, 11) is 3.35. The van der Waals surface area contributed by atoms with Gasteiger partial charge in [0.25, 0.3) is 0 Å². The monoisotopic (exact) mass is 492 g/mol. The molecule has 0 spiro atoms. The van der Waals surface area contributed by atoms with Gasteiger partial charge in [0.05, 0.1) is 25.7 Å². The molecule has 4 aromatic rings. The minimum absolute atomic E-state index is 0.147. The molecule has 1 aromatic heterocycles. The van der Waals surface area contributed by atoms with E-state index in [0.29, 0.717) is 11.3 Å².